The van der Waals surface area contributed by atoms with Crippen molar-refractivity contribution in [3.05, 3.63) is 65.6 Å². The Morgan fingerprint density at radius 1 is 1.00 bits per heavy atom. The lowest BCUT2D eigenvalue weighted by Crippen LogP contribution is -1.97. The zero-order valence-electron chi connectivity index (χ0n) is 11.0. The molecule has 0 aliphatic rings. The fourth-order valence-electron chi connectivity index (χ4n) is 2.33. The zero-order chi connectivity index (χ0) is 13.8. The Balaban J connectivity index is 1.87. The molecule has 0 saturated heterocycles. The SMILES string of the molecule is N#CCc1nnc2c(CCc3ccccc3)cccn12. The van der Waals surface area contributed by atoms with Gasteiger partial charge in [0.15, 0.2) is 11.5 Å². The van der Waals surface area contributed by atoms with Gasteiger partial charge in [-0.1, -0.05) is 36.4 Å². The first-order valence-electron chi connectivity index (χ1n) is 6.61. The molecule has 2 aromatic heterocycles. The minimum atomic E-state index is 0.281. The lowest BCUT2D eigenvalue weighted by Gasteiger charge is -2.04. The van der Waals surface area contributed by atoms with E-state index in [4.69, 9.17) is 5.26 Å². The molecule has 0 amide bonds. The fourth-order valence-corrected chi connectivity index (χ4v) is 2.33. The van der Waals surface area contributed by atoms with E-state index in [9.17, 15) is 0 Å². The molecule has 0 aliphatic heterocycles. The number of fused-ring (bicyclic) bond motifs is 1. The Labute approximate surface area is 117 Å². The van der Waals surface area contributed by atoms with Crippen LogP contribution in [0.1, 0.15) is 17.0 Å². The first-order chi connectivity index (χ1) is 9.88. The predicted octanol–water partition coefficient (Wildman–Crippen LogP) is 2.58. The molecule has 2 heterocycles. The standard InChI is InChI=1S/C16H14N4/c17-11-10-15-18-19-16-14(7-4-12-20(15)16)9-8-13-5-2-1-3-6-13/h1-7,12H,8-10H2. The van der Waals surface area contributed by atoms with Gasteiger partial charge in [-0.05, 0) is 30.0 Å². The predicted molar refractivity (Wildman–Crippen MR) is 76.2 cm³/mol. The third kappa shape index (κ3) is 2.39. The maximum Gasteiger partial charge on any atom is 0.164 e. The average molecular weight is 262 g/mol. The van der Waals surface area contributed by atoms with Crippen LogP contribution in [0.4, 0.5) is 0 Å². The van der Waals surface area contributed by atoms with Crippen LogP contribution in [0.5, 0.6) is 0 Å². The van der Waals surface area contributed by atoms with Crippen molar-refractivity contribution in [1.82, 2.24) is 14.6 Å². The molecule has 0 N–H and O–H groups in total. The molecule has 3 rings (SSSR count). The molecule has 0 bridgehead atoms. The van der Waals surface area contributed by atoms with Crippen molar-refractivity contribution < 1.29 is 0 Å². The fraction of sp³-hybridized carbons (Fsp3) is 0.188. The van der Waals surface area contributed by atoms with Crippen LogP contribution >= 0.6 is 0 Å². The van der Waals surface area contributed by atoms with Gasteiger partial charge in [-0.2, -0.15) is 5.26 Å². The van der Waals surface area contributed by atoms with Crippen LogP contribution < -0.4 is 0 Å². The quantitative estimate of drug-likeness (QED) is 0.726. The van der Waals surface area contributed by atoms with Crippen LogP contribution in [-0.2, 0) is 19.3 Å². The van der Waals surface area contributed by atoms with Crippen molar-refractivity contribution in [3.63, 3.8) is 0 Å². The molecule has 98 valence electrons. The first kappa shape index (κ1) is 12.4. The van der Waals surface area contributed by atoms with Gasteiger partial charge >= 0.3 is 0 Å². The van der Waals surface area contributed by atoms with E-state index in [1.165, 1.54) is 5.56 Å². The second-order valence-corrected chi connectivity index (χ2v) is 4.66. The van der Waals surface area contributed by atoms with Gasteiger partial charge in [0.2, 0.25) is 0 Å². The van der Waals surface area contributed by atoms with E-state index >= 15 is 0 Å². The molecule has 0 radical (unpaired) electrons. The largest absolute Gasteiger partial charge is 0.285 e. The number of nitriles is 1. The summed E-state index contributed by atoms with van der Waals surface area (Å²) in [5.41, 5.74) is 3.33. The lowest BCUT2D eigenvalue weighted by molar-refractivity contribution is 0.941. The number of rotatable bonds is 4. The molecule has 0 unspecified atom stereocenters. The number of benzene rings is 1. The number of aromatic nitrogens is 3. The highest BCUT2D eigenvalue weighted by Crippen LogP contribution is 2.13. The molecule has 0 spiro atoms. The Kier molecular flexibility index (Phi) is 3.42. The zero-order valence-corrected chi connectivity index (χ0v) is 11.0. The van der Waals surface area contributed by atoms with E-state index in [0.29, 0.717) is 5.82 Å². The second-order valence-electron chi connectivity index (χ2n) is 4.66. The molecule has 3 aromatic rings. The Morgan fingerprint density at radius 2 is 1.85 bits per heavy atom. The molecule has 4 nitrogen and oxygen atoms in total. The summed E-state index contributed by atoms with van der Waals surface area (Å²) in [5, 5.41) is 17.1. The molecular weight excluding hydrogens is 248 g/mol. The number of aryl methyl sites for hydroxylation is 2. The summed E-state index contributed by atoms with van der Waals surface area (Å²) in [5.74, 6) is 0.698. The van der Waals surface area contributed by atoms with Crippen molar-refractivity contribution >= 4 is 5.65 Å². The van der Waals surface area contributed by atoms with Gasteiger partial charge in [0.1, 0.15) is 0 Å². The van der Waals surface area contributed by atoms with E-state index < -0.39 is 0 Å². The highest BCUT2D eigenvalue weighted by atomic mass is 15.2. The van der Waals surface area contributed by atoms with Crippen LogP contribution in [0.3, 0.4) is 0 Å². The highest BCUT2D eigenvalue weighted by molar-refractivity contribution is 5.48. The lowest BCUT2D eigenvalue weighted by atomic mass is 10.1. The van der Waals surface area contributed by atoms with Crippen LogP contribution in [0, 0.1) is 11.3 Å². The third-order valence-corrected chi connectivity index (χ3v) is 3.35. The maximum absolute atomic E-state index is 8.79. The molecule has 1 aromatic carbocycles. The minimum Gasteiger partial charge on any atom is -0.285 e. The van der Waals surface area contributed by atoms with E-state index in [0.717, 1.165) is 24.1 Å². The highest BCUT2D eigenvalue weighted by Gasteiger charge is 2.08. The van der Waals surface area contributed by atoms with Gasteiger partial charge in [0, 0.05) is 6.20 Å². The van der Waals surface area contributed by atoms with Gasteiger partial charge in [-0.25, -0.2) is 0 Å². The average Bonchev–Trinajstić information content (AvgIpc) is 2.91. The van der Waals surface area contributed by atoms with E-state index in [-0.39, 0.29) is 6.42 Å². The van der Waals surface area contributed by atoms with Crippen LogP contribution in [0.25, 0.3) is 5.65 Å². The van der Waals surface area contributed by atoms with Crippen LogP contribution in [0.2, 0.25) is 0 Å². The summed E-state index contributed by atoms with van der Waals surface area (Å²) in [6.45, 7) is 0. The van der Waals surface area contributed by atoms with Gasteiger partial charge in [-0.3, -0.25) is 4.40 Å². The molecular formula is C16H14N4. The van der Waals surface area contributed by atoms with Gasteiger partial charge < -0.3 is 0 Å². The number of nitrogens with zero attached hydrogens (tertiary/aromatic N) is 4. The van der Waals surface area contributed by atoms with Crippen molar-refractivity contribution in [1.29, 1.82) is 5.26 Å². The van der Waals surface area contributed by atoms with E-state index in [1.54, 1.807) is 0 Å². The number of hydrogen-bond acceptors (Lipinski definition) is 3. The summed E-state index contributed by atoms with van der Waals surface area (Å²) < 4.78 is 1.91. The van der Waals surface area contributed by atoms with E-state index in [1.807, 2.05) is 22.7 Å². The van der Waals surface area contributed by atoms with Crippen molar-refractivity contribution in [2.24, 2.45) is 0 Å². The Hall–Kier alpha value is -2.67. The van der Waals surface area contributed by atoms with Crippen LogP contribution in [-0.4, -0.2) is 14.6 Å². The van der Waals surface area contributed by atoms with Gasteiger partial charge in [0.25, 0.3) is 0 Å². The van der Waals surface area contributed by atoms with Crippen molar-refractivity contribution in [2.75, 3.05) is 0 Å². The number of hydrogen-bond donors (Lipinski definition) is 0. The molecule has 0 aliphatic carbocycles. The summed E-state index contributed by atoms with van der Waals surface area (Å²) in [6, 6.07) is 16.6. The Bertz CT molecular complexity index is 753. The minimum absolute atomic E-state index is 0.281. The number of pyridine rings is 1. The van der Waals surface area contributed by atoms with Crippen molar-refractivity contribution in [3.8, 4) is 6.07 Å². The van der Waals surface area contributed by atoms with Crippen molar-refractivity contribution in [2.45, 2.75) is 19.3 Å². The van der Waals surface area contributed by atoms with Gasteiger partial charge in [0.05, 0.1) is 12.5 Å². The third-order valence-electron chi connectivity index (χ3n) is 3.35. The summed E-state index contributed by atoms with van der Waals surface area (Å²) in [6.07, 6.45) is 4.08. The summed E-state index contributed by atoms with van der Waals surface area (Å²) in [4.78, 5) is 0. The van der Waals surface area contributed by atoms with Crippen LogP contribution in [0.15, 0.2) is 48.7 Å². The monoisotopic (exact) mass is 262 g/mol. The normalized spacial score (nSPS) is 10.6. The topological polar surface area (TPSA) is 54.0 Å². The smallest absolute Gasteiger partial charge is 0.164 e. The summed E-state index contributed by atoms with van der Waals surface area (Å²) >= 11 is 0. The van der Waals surface area contributed by atoms with Gasteiger partial charge in [-0.15, -0.1) is 10.2 Å². The molecule has 4 heteroatoms. The molecule has 0 saturated carbocycles. The summed E-state index contributed by atoms with van der Waals surface area (Å²) in [7, 11) is 0. The second kappa shape index (κ2) is 5.54. The molecule has 20 heavy (non-hydrogen) atoms. The molecule has 0 fully saturated rings. The Morgan fingerprint density at radius 3 is 2.65 bits per heavy atom. The first-order valence-corrected chi connectivity index (χ1v) is 6.61. The molecule has 0 atom stereocenters. The van der Waals surface area contributed by atoms with E-state index in [2.05, 4.69) is 46.6 Å². The maximum atomic E-state index is 8.79.